The van der Waals surface area contributed by atoms with Crippen LogP contribution in [-0.4, -0.2) is 37.2 Å². The molecule has 0 fully saturated rings. The van der Waals surface area contributed by atoms with E-state index < -0.39 is 0 Å². The summed E-state index contributed by atoms with van der Waals surface area (Å²) >= 11 is 3.34. The number of nitrogens with zero attached hydrogens (tertiary/aromatic N) is 2. The third-order valence-electron chi connectivity index (χ3n) is 3.56. The van der Waals surface area contributed by atoms with Crippen molar-refractivity contribution in [3.63, 3.8) is 0 Å². The summed E-state index contributed by atoms with van der Waals surface area (Å²) in [6.45, 7) is 0.506. The molecule has 0 atom stereocenters. The average molecular weight is 350 g/mol. The third-order valence-corrected chi connectivity index (χ3v) is 5.38. The average Bonchev–Trinajstić information content (AvgIpc) is 3.16. The summed E-state index contributed by atoms with van der Waals surface area (Å²) in [5, 5.41) is 7.73. The summed E-state index contributed by atoms with van der Waals surface area (Å²) < 4.78 is 18.4. The molecule has 7 heteroatoms. The van der Waals surface area contributed by atoms with Crippen molar-refractivity contribution in [2.45, 2.75) is 11.6 Å². The maximum Gasteiger partial charge on any atom is 0.130 e. The lowest BCUT2D eigenvalue weighted by molar-refractivity contribution is 0.184. The Morgan fingerprint density at radius 1 is 1.17 bits per heavy atom. The lowest BCUT2D eigenvalue weighted by Gasteiger charge is -2.14. The molecule has 0 saturated carbocycles. The zero-order valence-electron chi connectivity index (χ0n) is 13.5. The Bertz CT molecular complexity index is 801. The fourth-order valence-electron chi connectivity index (χ4n) is 2.55. The zero-order chi connectivity index (χ0) is 16.4. The molecule has 0 saturated heterocycles. The number of ether oxygens (including phenoxy) is 3. The highest BCUT2D eigenvalue weighted by Gasteiger charge is 2.20. The van der Waals surface area contributed by atoms with Gasteiger partial charge in [0.1, 0.15) is 21.4 Å². The van der Waals surface area contributed by atoms with Crippen molar-refractivity contribution in [2.75, 3.05) is 27.6 Å². The first kappa shape index (κ1) is 16.2. The second-order valence-corrected chi connectivity index (χ2v) is 6.55. The molecule has 3 aromatic rings. The molecular formula is C16H18N2O3S2. The molecule has 1 aromatic carbocycles. The van der Waals surface area contributed by atoms with Gasteiger partial charge in [0.25, 0.3) is 0 Å². The number of methoxy groups -OCH3 is 3. The van der Waals surface area contributed by atoms with E-state index in [1.54, 1.807) is 44.4 Å². The molecule has 0 aliphatic rings. The van der Waals surface area contributed by atoms with Crippen LogP contribution in [-0.2, 0) is 11.3 Å². The van der Waals surface area contributed by atoms with Gasteiger partial charge in [0.2, 0.25) is 0 Å². The standard InChI is InChI=1S/C16H18N2O3S2/c1-19-8-10-5-12(20-2)15(13(6-10)21-3)11-7-17-18-14(22-4)9-23-16(11)18/h5-7,9H,8H2,1-4H3. The number of hydrogen-bond donors (Lipinski definition) is 0. The smallest absolute Gasteiger partial charge is 0.130 e. The Hall–Kier alpha value is -1.70. The van der Waals surface area contributed by atoms with Crippen LogP contribution in [0.2, 0.25) is 0 Å². The number of hydrogen-bond acceptors (Lipinski definition) is 6. The Labute approximate surface area is 143 Å². The van der Waals surface area contributed by atoms with E-state index in [1.807, 2.05) is 29.1 Å². The maximum absolute atomic E-state index is 5.61. The van der Waals surface area contributed by atoms with Gasteiger partial charge in [-0.05, 0) is 24.0 Å². The van der Waals surface area contributed by atoms with E-state index in [0.717, 1.165) is 38.0 Å². The van der Waals surface area contributed by atoms with Crippen molar-refractivity contribution >= 4 is 27.9 Å². The highest BCUT2D eigenvalue weighted by atomic mass is 32.2. The highest BCUT2D eigenvalue weighted by Crippen LogP contribution is 2.43. The van der Waals surface area contributed by atoms with Gasteiger partial charge in [0.15, 0.2) is 0 Å². The van der Waals surface area contributed by atoms with Gasteiger partial charge in [0.05, 0.1) is 32.6 Å². The van der Waals surface area contributed by atoms with E-state index in [9.17, 15) is 0 Å². The van der Waals surface area contributed by atoms with Gasteiger partial charge in [-0.3, -0.25) is 0 Å². The van der Waals surface area contributed by atoms with Crippen molar-refractivity contribution in [3.8, 4) is 22.6 Å². The Morgan fingerprint density at radius 3 is 2.43 bits per heavy atom. The monoisotopic (exact) mass is 350 g/mol. The molecule has 0 spiro atoms. The van der Waals surface area contributed by atoms with Crippen molar-refractivity contribution in [1.29, 1.82) is 0 Å². The zero-order valence-corrected chi connectivity index (χ0v) is 15.1. The molecule has 5 nitrogen and oxygen atoms in total. The Kier molecular flexibility index (Phi) is 4.79. The van der Waals surface area contributed by atoms with Crippen LogP contribution in [0.4, 0.5) is 0 Å². The number of fused-ring (bicyclic) bond motifs is 1. The molecule has 0 N–H and O–H groups in total. The number of thiazole rings is 1. The van der Waals surface area contributed by atoms with Crippen LogP contribution in [0.5, 0.6) is 11.5 Å². The van der Waals surface area contributed by atoms with Gasteiger partial charge in [-0.2, -0.15) is 5.10 Å². The van der Waals surface area contributed by atoms with Gasteiger partial charge >= 0.3 is 0 Å². The summed E-state index contributed by atoms with van der Waals surface area (Å²) in [7, 11) is 5.00. The Morgan fingerprint density at radius 2 is 1.87 bits per heavy atom. The molecule has 2 heterocycles. The van der Waals surface area contributed by atoms with Crippen LogP contribution in [0.15, 0.2) is 28.7 Å². The molecule has 0 unspecified atom stereocenters. The molecule has 2 aromatic heterocycles. The van der Waals surface area contributed by atoms with Gasteiger partial charge < -0.3 is 14.2 Å². The van der Waals surface area contributed by atoms with Crippen LogP contribution in [0, 0.1) is 0 Å². The highest BCUT2D eigenvalue weighted by molar-refractivity contribution is 7.98. The number of thioether (sulfide) groups is 1. The molecular weight excluding hydrogens is 332 g/mol. The SMILES string of the molecule is COCc1cc(OC)c(-c2cnn3c(SC)csc23)c(OC)c1. The first-order valence-electron chi connectivity index (χ1n) is 6.96. The summed E-state index contributed by atoms with van der Waals surface area (Å²) in [5.41, 5.74) is 2.93. The summed E-state index contributed by atoms with van der Waals surface area (Å²) in [4.78, 5) is 1.07. The minimum absolute atomic E-state index is 0.506. The van der Waals surface area contributed by atoms with Crippen molar-refractivity contribution in [2.24, 2.45) is 0 Å². The summed E-state index contributed by atoms with van der Waals surface area (Å²) in [6.07, 6.45) is 3.91. The minimum atomic E-state index is 0.506. The summed E-state index contributed by atoms with van der Waals surface area (Å²) in [6, 6.07) is 3.96. The van der Waals surface area contributed by atoms with Crippen molar-refractivity contribution in [1.82, 2.24) is 9.61 Å². The fourth-order valence-corrected chi connectivity index (χ4v) is 4.29. The number of aromatic nitrogens is 2. The predicted octanol–water partition coefficient (Wildman–Crippen LogP) is 3.95. The largest absolute Gasteiger partial charge is 0.496 e. The van der Waals surface area contributed by atoms with E-state index in [2.05, 4.69) is 10.5 Å². The van der Waals surface area contributed by atoms with Gasteiger partial charge in [-0.25, -0.2) is 4.52 Å². The maximum atomic E-state index is 5.61. The van der Waals surface area contributed by atoms with E-state index in [1.165, 1.54) is 0 Å². The topological polar surface area (TPSA) is 45.0 Å². The normalized spacial score (nSPS) is 11.1. The van der Waals surface area contributed by atoms with Crippen molar-refractivity contribution < 1.29 is 14.2 Å². The second kappa shape index (κ2) is 6.82. The van der Waals surface area contributed by atoms with E-state index in [-0.39, 0.29) is 0 Å². The van der Waals surface area contributed by atoms with Gasteiger partial charge in [0, 0.05) is 18.1 Å². The molecule has 0 bridgehead atoms. The van der Waals surface area contributed by atoms with Crippen LogP contribution in [0.25, 0.3) is 16.0 Å². The first-order chi connectivity index (χ1) is 11.2. The molecule has 0 aliphatic heterocycles. The molecule has 3 rings (SSSR count). The van der Waals surface area contributed by atoms with Crippen LogP contribution in [0.3, 0.4) is 0 Å². The van der Waals surface area contributed by atoms with E-state index in [4.69, 9.17) is 14.2 Å². The molecule has 0 radical (unpaired) electrons. The second-order valence-electron chi connectivity index (χ2n) is 4.86. The third kappa shape index (κ3) is 2.80. The van der Waals surface area contributed by atoms with Gasteiger partial charge in [-0.15, -0.1) is 23.1 Å². The quantitative estimate of drug-likeness (QED) is 0.630. The predicted molar refractivity (Wildman–Crippen MR) is 94.1 cm³/mol. The summed E-state index contributed by atoms with van der Waals surface area (Å²) in [5.74, 6) is 1.51. The fraction of sp³-hybridized carbons (Fsp3) is 0.312. The molecule has 0 amide bonds. The molecule has 23 heavy (non-hydrogen) atoms. The van der Waals surface area contributed by atoms with Crippen molar-refractivity contribution in [3.05, 3.63) is 29.3 Å². The number of benzene rings is 1. The van der Waals surface area contributed by atoms with Gasteiger partial charge in [-0.1, -0.05) is 0 Å². The molecule has 0 aliphatic carbocycles. The van der Waals surface area contributed by atoms with Crippen LogP contribution < -0.4 is 9.47 Å². The number of rotatable bonds is 6. The minimum Gasteiger partial charge on any atom is -0.496 e. The van der Waals surface area contributed by atoms with E-state index >= 15 is 0 Å². The first-order valence-corrected chi connectivity index (χ1v) is 9.07. The van der Waals surface area contributed by atoms with Crippen LogP contribution >= 0.6 is 23.1 Å². The Balaban J connectivity index is 2.22. The lowest BCUT2D eigenvalue weighted by atomic mass is 10.0. The van der Waals surface area contributed by atoms with Crippen LogP contribution in [0.1, 0.15) is 5.56 Å². The van der Waals surface area contributed by atoms with E-state index in [0.29, 0.717) is 6.61 Å². The molecule has 122 valence electrons. The lowest BCUT2D eigenvalue weighted by Crippen LogP contribution is -1.97.